The summed E-state index contributed by atoms with van der Waals surface area (Å²) in [6.45, 7) is 6.04. The molecule has 1 aliphatic carbocycles. The lowest BCUT2D eigenvalue weighted by molar-refractivity contribution is 0.0922. The molecular formula is C17H25ClO. The van der Waals surface area contributed by atoms with Gasteiger partial charge in [0.25, 0.3) is 0 Å². The zero-order valence-corrected chi connectivity index (χ0v) is 12.9. The van der Waals surface area contributed by atoms with Crippen molar-refractivity contribution in [1.29, 1.82) is 0 Å². The predicted molar refractivity (Wildman–Crippen MR) is 82.1 cm³/mol. The van der Waals surface area contributed by atoms with Crippen molar-refractivity contribution in [2.45, 2.75) is 44.9 Å². The summed E-state index contributed by atoms with van der Waals surface area (Å²) in [5.41, 5.74) is 3.08. The van der Waals surface area contributed by atoms with Gasteiger partial charge in [-0.25, -0.2) is 0 Å². The van der Waals surface area contributed by atoms with E-state index >= 15 is 0 Å². The third-order valence-corrected chi connectivity index (χ3v) is 4.63. The van der Waals surface area contributed by atoms with Gasteiger partial charge in [0.1, 0.15) is 0 Å². The molecule has 0 fully saturated rings. The van der Waals surface area contributed by atoms with E-state index in [-0.39, 0.29) is 5.41 Å². The maximum atomic E-state index is 6.35. The molecule has 1 atom stereocenters. The molecule has 106 valence electrons. The summed E-state index contributed by atoms with van der Waals surface area (Å²) in [7, 11) is 0. The van der Waals surface area contributed by atoms with Gasteiger partial charge in [0.15, 0.2) is 0 Å². The molecule has 0 radical (unpaired) electrons. The Bertz CT molecular complexity index is 402. The number of hydrogen-bond donors (Lipinski definition) is 0. The number of aryl methyl sites for hydroxylation is 1. The quantitative estimate of drug-likeness (QED) is 0.548. The van der Waals surface area contributed by atoms with Crippen molar-refractivity contribution in [3.05, 3.63) is 35.4 Å². The van der Waals surface area contributed by atoms with Gasteiger partial charge in [0, 0.05) is 24.5 Å². The minimum absolute atomic E-state index is 0.132. The van der Waals surface area contributed by atoms with Gasteiger partial charge in [-0.3, -0.25) is 0 Å². The molecule has 1 nitrogen and oxygen atoms in total. The standard InChI is InChI=1S/C17H25ClO/c1-14(2)12-19-11-10-17(13-18)9-5-7-15-6-3-4-8-16(15)17/h3-4,6,8,14H,5,7,9-13H2,1-2H3. The van der Waals surface area contributed by atoms with E-state index in [1.165, 1.54) is 30.4 Å². The van der Waals surface area contributed by atoms with Crippen molar-refractivity contribution in [1.82, 2.24) is 0 Å². The van der Waals surface area contributed by atoms with Crippen LogP contribution in [0.4, 0.5) is 0 Å². The largest absolute Gasteiger partial charge is 0.381 e. The molecule has 0 amide bonds. The highest BCUT2D eigenvalue weighted by Gasteiger charge is 2.35. The first kappa shape index (κ1) is 14.9. The molecule has 0 saturated heterocycles. The summed E-state index contributed by atoms with van der Waals surface area (Å²) < 4.78 is 5.78. The van der Waals surface area contributed by atoms with E-state index in [0.29, 0.717) is 11.8 Å². The lowest BCUT2D eigenvalue weighted by atomic mass is 9.69. The number of alkyl halides is 1. The summed E-state index contributed by atoms with van der Waals surface area (Å²) in [6, 6.07) is 8.79. The van der Waals surface area contributed by atoms with Gasteiger partial charge in [-0.1, -0.05) is 38.1 Å². The van der Waals surface area contributed by atoms with Crippen molar-refractivity contribution in [3.63, 3.8) is 0 Å². The lowest BCUT2D eigenvalue weighted by Crippen LogP contribution is -2.34. The first-order chi connectivity index (χ1) is 9.18. The molecular weight excluding hydrogens is 256 g/mol. The maximum absolute atomic E-state index is 6.35. The maximum Gasteiger partial charge on any atom is 0.0488 e. The van der Waals surface area contributed by atoms with Gasteiger partial charge in [-0.05, 0) is 42.7 Å². The molecule has 0 spiro atoms. The third-order valence-electron chi connectivity index (χ3n) is 4.12. The Labute approximate surface area is 122 Å². The molecule has 0 aromatic heterocycles. The summed E-state index contributed by atoms with van der Waals surface area (Å²) >= 11 is 6.35. The predicted octanol–water partition coefficient (Wildman–Crippen LogP) is 4.56. The van der Waals surface area contributed by atoms with Crippen molar-refractivity contribution in [2.75, 3.05) is 19.1 Å². The normalized spacial score (nSPS) is 22.5. The average molecular weight is 281 g/mol. The van der Waals surface area contributed by atoms with Crippen LogP contribution < -0.4 is 0 Å². The van der Waals surface area contributed by atoms with Crippen LogP contribution >= 0.6 is 11.6 Å². The van der Waals surface area contributed by atoms with E-state index in [2.05, 4.69) is 38.1 Å². The Kier molecular flexibility index (Phi) is 5.29. The molecule has 19 heavy (non-hydrogen) atoms. The molecule has 1 aromatic carbocycles. The molecule has 1 aromatic rings. The summed E-state index contributed by atoms with van der Waals surface area (Å²) in [6.07, 6.45) is 4.67. The van der Waals surface area contributed by atoms with E-state index in [0.717, 1.165) is 19.6 Å². The fourth-order valence-electron chi connectivity index (χ4n) is 3.06. The molecule has 0 bridgehead atoms. The molecule has 2 rings (SSSR count). The van der Waals surface area contributed by atoms with Gasteiger partial charge in [-0.2, -0.15) is 0 Å². The fourth-order valence-corrected chi connectivity index (χ4v) is 3.47. The highest BCUT2D eigenvalue weighted by molar-refractivity contribution is 6.18. The van der Waals surface area contributed by atoms with Gasteiger partial charge in [-0.15, -0.1) is 11.6 Å². The van der Waals surface area contributed by atoms with E-state index in [1.807, 2.05) is 0 Å². The number of rotatable bonds is 6. The third kappa shape index (κ3) is 3.52. The van der Waals surface area contributed by atoms with Crippen molar-refractivity contribution >= 4 is 11.6 Å². The van der Waals surface area contributed by atoms with Gasteiger partial charge in [0.05, 0.1) is 0 Å². The van der Waals surface area contributed by atoms with Crippen molar-refractivity contribution in [2.24, 2.45) is 5.92 Å². The zero-order valence-electron chi connectivity index (χ0n) is 12.1. The average Bonchev–Trinajstić information content (AvgIpc) is 2.43. The van der Waals surface area contributed by atoms with E-state index in [1.54, 1.807) is 0 Å². The number of benzene rings is 1. The topological polar surface area (TPSA) is 9.23 Å². The second kappa shape index (κ2) is 6.76. The van der Waals surface area contributed by atoms with Crippen LogP contribution in [0.25, 0.3) is 0 Å². The molecule has 0 saturated carbocycles. The SMILES string of the molecule is CC(C)COCCC1(CCl)CCCc2ccccc21. The van der Waals surface area contributed by atoms with Crippen molar-refractivity contribution < 1.29 is 4.74 Å². The van der Waals surface area contributed by atoms with Gasteiger partial charge >= 0.3 is 0 Å². The Morgan fingerprint density at radius 2 is 2.11 bits per heavy atom. The molecule has 1 aliphatic rings. The van der Waals surface area contributed by atoms with Gasteiger partial charge in [0.2, 0.25) is 0 Å². The number of halogens is 1. The van der Waals surface area contributed by atoms with E-state index in [4.69, 9.17) is 16.3 Å². The monoisotopic (exact) mass is 280 g/mol. The molecule has 2 heteroatoms. The smallest absolute Gasteiger partial charge is 0.0488 e. The van der Waals surface area contributed by atoms with Crippen LogP contribution in [0.15, 0.2) is 24.3 Å². The first-order valence-electron chi connectivity index (χ1n) is 7.40. The Balaban J connectivity index is 2.06. The molecule has 1 unspecified atom stereocenters. The van der Waals surface area contributed by atoms with E-state index < -0.39 is 0 Å². The summed E-state index contributed by atoms with van der Waals surface area (Å²) in [4.78, 5) is 0. The second-order valence-electron chi connectivity index (χ2n) is 6.14. The van der Waals surface area contributed by atoms with Crippen LogP contribution in [0.1, 0.15) is 44.2 Å². The highest BCUT2D eigenvalue weighted by atomic mass is 35.5. The Morgan fingerprint density at radius 3 is 2.84 bits per heavy atom. The number of hydrogen-bond acceptors (Lipinski definition) is 1. The highest BCUT2D eigenvalue weighted by Crippen LogP contribution is 2.40. The van der Waals surface area contributed by atoms with Crippen LogP contribution in [0.5, 0.6) is 0 Å². The van der Waals surface area contributed by atoms with Gasteiger partial charge < -0.3 is 4.74 Å². The molecule has 0 N–H and O–H groups in total. The first-order valence-corrected chi connectivity index (χ1v) is 7.93. The fraction of sp³-hybridized carbons (Fsp3) is 0.647. The summed E-state index contributed by atoms with van der Waals surface area (Å²) in [5, 5.41) is 0. The van der Waals surface area contributed by atoms with Crippen LogP contribution in [0, 0.1) is 5.92 Å². The van der Waals surface area contributed by atoms with Crippen LogP contribution in [0.3, 0.4) is 0 Å². The minimum atomic E-state index is 0.132. The second-order valence-corrected chi connectivity index (χ2v) is 6.41. The minimum Gasteiger partial charge on any atom is -0.381 e. The van der Waals surface area contributed by atoms with Crippen LogP contribution in [-0.2, 0) is 16.6 Å². The number of fused-ring (bicyclic) bond motifs is 1. The van der Waals surface area contributed by atoms with E-state index in [9.17, 15) is 0 Å². The van der Waals surface area contributed by atoms with Crippen LogP contribution in [-0.4, -0.2) is 19.1 Å². The molecule has 0 heterocycles. The number of ether oxygens (including phenoxy) is 1. The van der Waals surface area contributed by atoms with Crippen LogP contribution in [0.2, 0.25) is 0 Å². The molecule has 0 aliphatic heterocycles. The Hall–Kier alpha value is -0.530. The lowest BCUT2D eigenvalue weighted by Gasteiger charge is -2.38. The van der Waals surface area contributed by atoms with Crippen molar-refractivity contribution in [3.8, 4) is 0 Å². The summed E-state index contributed by atoms with van der Waals surface area (Å²) in [5.74, 6) is 1.31. The zero-order chi connectivity index (χ0) is 13.7. The Morgan fingerprint density at radius 1 is 1.32 bits per heavy atom.